The number of rotatable bonds is 2. The highest BCUT2D eigenvalue weighted by molar-refractivity contribution is 5.24. The zero-order valence-corrected chi connectivity index (χ0v) is 10.9. The predicted octanol–water partition coefficient (Wildman–Crippen LogP) is 3.04. The molecule has 1 fully saturated rings. The maximum atomic E-state index is 12.9. The molecule has 1 heterocycles. The Kier molecular flexibility index (Phi) is 4.48. The van der Waals surface area contributed by atoms with Crippen molar-refractivity contribution >= 4 is 0 Å². The Hall–Kier alpha value is -1.28. The van der Waals surface area contributed by atoms with Crippen molar-refractivity contribution in [1.29, 1.82) is 0 Å². The molecule has 0 radical (unpaired) electrons. The van der Waals surface area contributed by atoms with Crippen molar-refractivity contribution < 1.29 is 26.3 Å². The van der Waals surface area contributed by atoms with Gasteiger partial charge in [-0.15, -0.1) is 0 Å². The van der Waals surface area contributed by atoms with Crippen molar-refractivity contribution in [3.63, 3.8) is 0 Å². The van der Waals surface area contributed by atoms with Gasteiger partial charge >= 0.3 is 12.4 Å². The summed E-state index contributed by atoms with van der Waals surface area (Å²) in [6.45, 7) is 0.395. The maximum absolute atomic E-state index is 12.9. The number of nitrogens with zero attached hydrogens (tertiary/aromatic N) is 1. The summed E-state index contributed by atoms with van der Waals surface area (Å²) in [6.07, 6.45) is -8.80. The highest BCUT2D eigenvalue weighted by Gasteiger charge is 2.44. The lowest BCUT2D eigenvalue weighted by Crippen LogP contribution is -2.57. The van der Waals surface area contributed by atoms with Crippen LogP contribution in [0, 0.1) is 0 Å². The van der Waals surface area contributed by atoms with Crippen LogP contribution in [0.3, 0.4) is 0 Å². The Bertz CT molecular complexity index is 465. The molecule has 118 valence electrons. The summed E-state index contributed by atoms with van der Waals surface area (Å²) in [4.78, 5) is 1.24. The molecule has 0 saturated carbocycles. The van der Waals surface area contributed by atoms with Crippen molar-refractivity contribution in [3.8, 4) is 0 Å². The van der Waals surface area contributed by atoms with Crippen LogP contribution in [-0.4, -0.2) is 36.8 Å². The van der Waals surface area contributed by atoms with E-state index in [9.17, 15) is 26.3 Å². The van der Waals surface area contributed by atoms with Gasteiger partial charge in [-0.25, -0.2) is 0 Å². The number of nitrogens with one attached hydrogen (secondary N) is 1. The number of alkyl halides is 6. The molecule has 21 heavy (non-hydrogen) atoms. The van der Waals surface area contributed by atoms with Crippen LogP contribution >= 0.6 is 0 Å². The van der Waals surface area contributed by atoms with Crippen LogP contribution in [0.1, 0.15) is 11.1 Å². The van der Waals surface area contributed by atoms with Crippen molar-refractivity contribution in [2.75, 3.05) is 19.6 Å². The molecular formula is C13H14F6N2. The fraction of sp³-hybridized carbons (Fsp3) is 0.538. The highest BCUT2D eigenvalue weighted by Crippen LogP contribution is 2.30. The number of benzene rings is 1. The maximum Gasteiger partial charge on any atom is 0.416 e. The van der Waals surface area contributed by atoms with Gasteiger partial charge in [0.15, 0.2) is 0 Å². The minimum atomic E-state index is -4.44. The van der Waals surface area contributed by atoms with Crippen LogP contribution in [0.2, 0.25) is 0 Å². The molecule has 1 aliphatic rings. The average Bonchev–Trinajstić information content (AvgIpc) is 2.37. The van der Waals surface area contributed by atoms with E-state index >= 15 is 0 Å². The van der Waals surface area contributed by atoms with Gasteiger partial charge in [-0.05, 0) is 17.7 Å². The van der Waals surface area contributed by atoms with Gasteiger partial charge in [0.1, 0.15) is 6.04 Å². The summed E-state index contributed by atoms with van der Waals surface area (Å²) in [5.74, 6) is 0. The highest BCUT2D eigenvalue weighted by atomic mass is 19.4. The van der Waals surface area contributed by atoms with Crippen LogP contribution in [-0.2, 0) is 12.7 Å². The van der Waals surface area contributed by atoms with Crippen LogP contribution in [0.15, 0.2) is 24.3 Å². The van der Waals surface area contributed by atoms with Gasteiger partial charge in [0.25, 0.3) is 0 Å². The fourth-order valence-corrected chi connectivity index (χ4v) is 2.29. The number of piperazine rings is 1. The minimum Gasteiger partial charge on any atom is -0.314 e. The van der Waals surface area contributed by atoms with E-state index in [-0.39, 0.29) is 19.6 Å². The third kappa shape index (κ3) is 4.10. The SMILES string of the molecule is FC(F)(F)c1ccc(CN2CCNCC2C(F)(F)F)cc1. The summed E-state index contributed by atoms with van der Waals surface area (Å²) >= 11 is 0. The van der Waals surface area contributed by atoms with Crippen molar-refractivity contribution in [3.05, 3.63) is 35.4 Å². The van der Waals surface area contributed by atoms with E-state index in [0.717, 1.165) is 12.1 Å². The van der Waals surface area contributed by atoms with Gasteiger partial charge in [0.2, 0.25) is 0 Å². The minimum absolute atomic E-state index is 0.0238. The Labute approximate surface area is 117 Å². The van der Waals surface area contributed by atoms with E-state index in [1.165, 1.54) is 17.0 Å². The fourth-order valence-electron chi connectivity index (χ4n) is 2.29. The van der Waals surface area contributed by atoms with Crippen LogP contribution in [0.5, 0.6) is 0 Å². The predicted molar refractivity (Wildman–Crippen MR) is 64.6 cm³/mol. The van der Waals surface area contributed by atoms with Gasteiger partial charge < -0.3 is 5.32 Å². The Balaban J connectivity index is 2.09. The monoisotopic (exact) mass is 312 g/mol. The Morgan fingerprint density at radius 2 is 1.67 bits per heavy atom. The van der Waals surface area contributed by atoms with Crippen LogP contribution in [0.25, 0.3) is 0 Å². The molecule has 8 heteroatoms. The summed E-state index contributed by atoms with van der Waals surface area (Å²) < 4.78 is 75.9. The van der Waals surface area contributed by atoms with Crippen LogP contribution < -0.4 is 5.32 Å². The average molecular weight is 312 g/mol. The van der Waals surface area contributed by atoms with Gasteiger partial charge in [0, 0.05) is 26.2 Å². The standard InChI is InChI=1S/C13H14F6N2/c14-12(15,16)10-3-1-9(2-4-10)8-21-6-5-20-7-11(21)13(17,18)19/h1-4,11,20H,5-8H2. The molecule has 2 rings (SSSR count). The molecule has 1 unspecified atom stereocenters. The molecule has 1 N–H and O–H groups in total. The first-order chi connectivity index (χ1) is 9.68. The molecule has 1 atom stereocenters. The van der Waals surface area contributed by atoms with Gasteiger partial charge in [-0.2, -0.15) is 26.3 Å². The molecule has 0 spiro atoms. The van der Waals surface area contributed by atoms with Gasteiger partial charge in [-0.1, -0.05) is 12.1 Å². The lowest BCUT2D eigenvalue weighted by atomic mass is 10.1. The topological polar surface area (TPSA) is 15.3 Å². The van der Waals surface area contributed by atoms with Crippen molar-refractivity contribution in [2.24, 2.45) is 0 Å². The van der Waals surface area contributed by atoms with Gasteiger partial charge in [-0.3, -0.25) is 4.90 Å². The molecule has 1 aromatic rings. The van der Waals surface area contributed by atoms with Gasteiger partial charge in [0.05, 0.1) is 5.56 Å². The summed E-state index contributed by atoms with van der Waals surface area (Å²) in [7, 11) is 0. The van der Waals surface area contributed by atoms with Crippen molar-refractivity contribution in [1.82, 2.24) is 10.2 Å². The zero-order valence-electron chi connectivity index (χ0n) is 10.9. The molecule has 2 nitrogen and oxygen atoms in total. The second kappa shape index (κ2) is 5.84. The molecule has 0 bridgehead atoms. The van der Waals surface area contributed by atoms with E-state index in [4.69, 9.17) is 0 Å². The number of hydrogen-bond acceptors (Lipinski definition) is 2. The summed E-state index contributed by atoms with van der Waals surface area (Å²) in [6, 6.07) is 2.60. The lowest BCUT2D eigenvalue weighted by molar-refractivity contribution is -0.188. The third-order valence-corrected chi connectivity index (χ3v) is 3.40. The first kappa shape index (κ1) is 16.1. The van der Waals surface area contributed by atoms with E-state index in [1.807, 2.05) is 0 Å². The Morgan fingerprint density at radius 1 is 1.05 bits per heavy atom. The van der Waals surface area contributed by atoms with E-state index in [1.54, 1.807) is 0 Å². The second-order valence-electron chi connectivity index (χ2n) is 4.93. The summed E-state index contributed by atoms with van der Waals surface area (Å²) in [5.41, 5.74) is -0.377. The van der Waals surface area contributed by atoms with Crippen LogP contribution in [0.4, 0.5) is 26.3 Å². The molecule has 1 aromatic carbocycles. The number of hydrogen-bond donors (Lipinski definition) is 1. The van der Waals surface area contributed by atoms with E-state index in [0.29, 0.717) is 12.1 Å². The lowest BCUT2D eigenvalue weighted by Gasteiger charge is -2.37. The third-order valence-electron chi connectivity index (χ3n) is 3.40. The van der Waals surface area contributed by atoms with E-state index < -0.39 is 24.0 Å². The molecule has 0 aromatic heterocycles. The molecular weight excluding hydrogens is 298 g/mol. The smallest absolute Gasteiger partial charge is 0.314 e. The normalized spacial score (nSPS) is 21.5. The number of halogens is 6. The first-order valence-corrected chi connectivity index (χ1v) is 6.35. The quantitative estimate of drug-likeness (QED) is 0.845. The second-order valence-corrected chi connectivity index (χ2v) is 4.93. The molecule has 0 amide bonds. The first-order valence-electron chi connectivity index (χ1n) is 6.35. The molecule has 0 aliphatic carbocycles. The Morgan fingerprint density at radius 3 is 2.19 bits per heavy atom. The van der Waals surface area contributed by atoms with E-state index in [2.05, 4.69) is 5.32 Å². The molecule has 1 aliphatic heterocycles. The zero-order chi connectivity index (χ0) is 15.7. The van der Waals surface area contributed by atoms with Crippen molar-refractivity contribution in [2.45, 2.75) is 24.9 Å². The molecule has 1 saturated heterocycles. The largest absolute Gasteiger partial charge is 0.416 e. The summed E-state index contributed by atoms with van der Waals surface area (Å²) in [5, 5.41) is 2.68.